The normalized spacial score (nSPS) is 25.7. The lowest BCUT2D eigenvalue weighted by molar-refractivity contribution is -0.0430. The second kappa shape index (κ2) is 6.71. The fourth-order valence-corrected chi connectivity index (χ4v) is 4.44. The van der Waals surface area contributed by atoms with E-state index in [-0.39, 0.29) is 11.7 Å². The van der Waals surface area contributed by atoms with Gasteiger partial charge in [-0.3, -0.25) is 9.59 Å². The van der Waals surface area contributed by atoms with Crippen molar-refractivity contribution in [2.45, 2.75) is 38.2 Å². The molecule has 1 amide bonds. The molecular formula is C17H24N2O3S. The van der Waals surface area contributed by atoms with E-state index in [1.807, 2.05) is 0 Å². The quantitative estimate of drug-likeness (QED) is 0.855. The Bertz CT molecular complexity index is 594. The number of β-amino-alcohol motifs (C(OH)–C–C–N with tert-alkyl or cyclic N) is 1. The van der Waals surface area contributed by atoms with Crippen LogP contribution in [0.2, 0.25) is 0 Å². The Morgan fingerprint density at radius 2 is 1.87 bits per heavy atom. The summed E-state index contributed by atoms with van der Waals surface area (Å²) in [6, 6.07) is 3.43. The number of thiophene rings is 1. The molecule has 0 unspecified atom stereocenters. The number of hydrogen-bond donors (Lipinski definition) is 1. The number of carbonyl (C=O) groups is 2. The van der Waals surface area contributed by atoms with E-state index in [1.165, 1.54) is 31.1 Å². The van der Waals surface area contributed by atoms with Gasteiger partial charge in [0.05, 0.1) is 21.9 Å². The first kappa shape index (κ1) is 16.6. The number of ketones is 1. The van der Waals surface area contributed by atoms with Crippen LogP contribution >= 0.6 is 11.3 Å². The average molecular weight is 336 g/mol. The van der Waals surface area contributed by atoms with E-state index in [4.69, 9.17) is 0 Å². The molecule has 3 rings (SSSR count). The highest BCUT2D eigenvalue weighted by molar-refractivity contribution is 7.15. The summed E-state index contributed by atoms with van der Waals surface area (Å²) in [5.74, 6) is -0.0831. The molecule has 3 heterocycles. The predicted molar refractivity (Wildman–Crippen MR) is 90.1 cm³/mol. The van der Waals surface area contributed by atoms with Crippen molar-refractivity contribution in [2.24, 2.45) is 0 Å². The minimum Gasteiger partial charge on any atom is -0.387 e. The van der Waals surface area contributed by atoms with Crippen molar-refractivity contribution >= 4 is 23.0 Å². The summed E-state index contributed by atoms with van der Waals surface area (Å²) in [5.41, 5.74) is -0.807. The molecule has 0 radical (unpaired) electrons. The van der Waals surface area contributed by atoms with Crippen LogP contribution in [0, 0.1) is 0 Å². The molecule has 6 heteroatoms. The van der Waals surface area contributed by atoms with Crippen molar-refractivity contribution in [2.75, 3.05) is 32.7 Å². The zero-order valence-electron chi connectivity index (χ0n) is 13.6. The molecule has 2 fully saturated rings. The highest BCUT2D eigenvalue weighted by Gasteiger charge is 2.37. The van der Waals surface area contributed by atoms with Gasteiger partial charge in [-0.1, -0.05) is 0 Å². The lowest BCUT2D eigenvalue weighted by Crippen LogP contribution is -2.55. The van der Waals surface area contributed by atoms with Crippen molar-refractivity contribution in [3.8, 4) is 0 Å². The standard InChI is InChI=1S/C17H24N2O3S/c1-13(20)14-5-6-15(23-14)16(21)19-10-4-7-17(22,12-19)11-18-8-2-3-9-18/h5-6,22H,2-4,7-12H2,1H3/t17-/m1/s1. The van der Waals surface area contributed by atoms with Crippen LogP contribution in [0.1, 0.15) is 52.0 Å². The SMILES string of the molecule is CC(=O)c1ccc(C(=O)N2CCC[C@@](O)(CN3CCCC3)C2)s1. The van der Waals surface area contributed by atoms with Crippen molar-refractivity contribution in [1.82, 2.24) is 9.80 Å². The molecule has 2 saturated heterocycles. The van der Waals surface area contributed by atoms with Crippen molar-refractivity contribution < 1.29 is 14.7 Å². The van der Waals surface area contributed by atoms with Crippen LogP contribution in [0.3, 0.4) is 0 Å². The van der Waals surface area contributed by atoms with Crippen LogP contribution in [0.4, 0.5) is 0 Å². The van der Waals surface area contributed by atoms with Crippen LogP contribution in [0.15, 0.2) is 12.1 Å². The summed E-state index contributed by atoms with van der Waals surface area (Å²) in [5, 5.41) is 10.9. The molecule has 5 nitrogen and oxygen atoms in total. The second-order valence-corrected chi connectivity index (χ2v) is 7.84. The van der Waals surface area contributed by atoms with Crippen LogP contribution in [0.25, 0.3) is 0 Å². The topological polar surface area (TPSA) is 60.9 Å². The summed E-state index contributed by atoms with van der Waals surface area (Å²) in [6.07, 6.45) is 3.96. The van der Waals surface area contributed by atoms with Gasteiger partial charge in [-0.15, -0.1) is 11.3 Å². The van der Waals surface area contributed by atoms with Crippen molar-refractivity contribution in [3.05, 3.63) is 21.9 Å². The van der Waals surface area contributed by atoms with Gasteiger partial charge in [0.2, 0.25) is 0 Å². The Balaban J connectivity index is 1.66. The smallest absolute Gasteiger partial charge is 0.264 e. The zero-order chi connectivity index (χ0) is 16.4. The van der Waals surface area contributed by atoms with E-state index in [0.29, 0.717) is 29.4 Å². The fraction of sp³-hybridized carbons (Fsp3) is 0.647. The molecule has 1 atom stereocenters. The summed E-state index contributed by atoms with van der Waals surface area (Å²) in [7, 11) is 0. The van der Waals surface area contributed by atoms with Gasteiger partial charge in [0.25, 0.3) is 5.91 Å². The third kappa shape index (κ3) is 3.82. The van der Waals surface area contributed by atoms with E-state index in [2.05, 4.69) is 4.90 Å². The number of amides is 1. The molecule has 23 heavy (non-hydrogen) atoms. The summed E-state index contributed by atoms with van der Waals surface area (Å²) in [4.78, 5) is 29.3. The number of Topliss-reactive ketones (excluding diaryl/α,β-unsaturated/α-hetero) is 1. The Hall–Kier alpha value is -1.24. The number of piperidine rings is 1. The van der Waals surface area contributed by atoms with E-state index >= 15 is 0 Å². The fourth-order valence-electron chi connectivity index (χ4n) is 3.57. The predicted octanol–water partition coefficient (Wildman–Crippen LogP) is 2.01. The number of hydrogen-bond acceptors (Lipinski definition) is 5. The average Bonchev–Trinajstić information content (AvgIpc) is 3.17. The number of aliphatic hydroxyl groups is 1. The number of carbonyl (C=O) groups excluding carboxylic acids is 2. The van der Waals surface area contributed by atoms with Gasteiger partial charge in [0.1, 0.15) is 0 Å². The molecule has 0 bridgehead atoms. The minimum atomic E-state index is -0.807. The Morgan fingerprint density at radius 1 is 1.17 bits per heavy atom. The first-order valence-electron chi connectivity index (χ1n) is 8.32. The molecular weight excluding hydrogens is 312 g/mol. The largest absolute Gasteiger partial charge is 0.387 e. The van der Waals surface area contributed by atoms with E-state index < -0.39 is 5.60 Å². The van der Waals surface area contributed by atoms with E-state index in [0.717, 1.165) is 25.9 Å². The number of nitrogens with zero attached hydrogens (tertiary/aromatic N) is 2. The highest BCUT2D eigenvalue weighted by Crippen LogP contribution is 2.27. The summed E-state index contributed by atoms with van der Waals surface area (Å²) < 4.78 is 0. The molecule has 126 valence electrons. The van der Waals surface area contributed by atoms with Gasteiger partial charge < -0.3 is 14.9 Å². The molecule has 2 aliphatic heterocycles. The molecule has 0 saturated carbocycles. The van der Waals surface area contributed by atoms with Gasteiger partial charge >= 0.3 is 0 Å². The first-order chi connectivity index (χ1) is 11.0. The number of rotatable bonds is 4. The molecule has 0 aliphatic carbocycles. The Morgan fingerprint density at radius 3 is 2.52 bits per heavy atom. The van der Waals surface area contributed by atoms with Crippen LogP contribution in [0.5, 0.6) is 0 Å². The Labute approximate surface area is 140 Å². The van der Waals surface area contributed by atoms with Crippen molar-refractivity contribution in [1.29, 1.82) is 0 Å². The van der Waals surface area contributed by atoms with Gasteiger partial charge in [-0.05, 0) is 57.8 Å². The van der Waals surface area contributed by atoms with E-state index in [9.17, 15) is 14.7 Å². The van der Waals surface area contributed by atoms with Gasteiger partial charge in [0, 0.05) is 13.1 Å². The van der Waals surface area contributed by atoms with Gasteiger partial charge in [-0.2, -0.15) is 0 Å². The lowest BCUT2D eigenvalue weighted by Gasteiger charge is -2.41. The minimum absolute atomic E-state index is 0.0155. The monoisotopic (exact) mass is 336 g/mol. The third-order valence-corrected chi connectivity index (χ3v) is 5.90. The summed E-state index contributed by atoms with van der Waals surface area (Å²) in [6.45, 7) is 5.31. The maximum Gasteiger partial charge on any atom is 0.264 e. The molecule has 2 aliphatic rings. The van der Waals surface area contributed by atoms with Crippen LogP contribution in [-0.4, -0.2) is 64.9 Å². The molecule has 1 N–H and O–H groups in total. The van der Waals surface area contributed by atoms with Crippen LogP contribution < -0.4 is 0 Å². The highest BCUT2D eigenvalue weighted by atomic mass is 32.1. The second-order valence-electron chi connectivity index (χ2n) is 6.76. The third-order valence-electron chi connectivity index (χ3n) is 4.72. The first-order valence-corrected chi connectivity index (χ1v) is 9.13. The number of likely N-dealkylation sites (tertiary alicyclic amines) is 2. The maximum absolute atomic E-state index is 12.7. The maximum atomic E-state index is 12.7. The molecule has 0 spiro atoms. The van der Waals surface area contributed by atoms with Crippen molar-refractivity contribution in [3.63, 3.8) is 0 Å². The molecule has 1 aromatic rings. The van der Waals surface area contributed by atoms with Crippen LogP contribution in [-0.2, 0) is 0 Å². The van der Waals surface area contributed by atoms with Gasteiger partial charge in [0.15, 0.2) is 5.78 Å². The molecule has 0 aromatic carbocycles. The Kier molecular flexibility index (Phi) is 4.85. The summed E-state index contributed by atoms with van der Waals surface area (Å²) >= 11 is 1.24. The van der Waals surface area contributed by atoms with Gasteiger partial charge in [-0.25, -0.2) is 0 Å². The molecule has 1 aromatic heterocycles. The van der Waals surface area contributed by atoms with E-state index in [1.54, 1.807) is 17.0 Å². The zero-order valence-corrected chi connectivity index (χ0v) is 14.4. The lowest BCUT2D eigenvalue weighted by atomic mass is 9.92.